The fourth-order valence-corrected chi connectivity index (χ4v) is 2.64. The molecule has 1 aliphatic rings. The molecule has 1 aromatic rings. The van der Waals surface area contributed by atoms with Crippen LogP contribution in [0.1, 0.15) is 25.7 Å². The van der Waals surface area contributed by atoms with E-state index >= 15 is 0 Å². The van der Waals surface area contributed by atoms with Crippen molar-refractivity contribution in [3.05, 3.63) is 28.7 Å². The second kappa shape index (κ2) is 5.90. The van der Waals surface area contributed by atoms with Gasteiger partial charge in [0.05, 0.1) is 17.5 Å². The number of anilines is 1. The molecule has 1 fully saturated rings. The van der Waals surface area contributed by atoms with Gasteiger partial charge in [0.15, 0.2) is 0 Å². The highest BCUT2D eigenvalue weighted by Gasteiger charge is 2.35. The largest absolute Gasteiger partial charge is 0.481 e. The standard InChI is InChI=1S/C14H18N2O4/c1-16-8-9(6-7-12(16)17)15-13(18)10-4-2-3-5-11(10)14(19)20/h6-8,10-11H,2-5H2,1H3,(H,15,18)(H,19,20). The molecule has 108 valence electrons. The van der Waals surface area contributed by atoms with Crippen LogP contribution in [0.3, 0.4) is 0 Å². The molecule has 1 heterocycles. The first-order valence-corrected chi connectivity index (χ1v) is 6.69. The van der Waals surface area contributed by atoms with Gasteiger partial charge in [0.2, 0.25) is 11.5 Å². The minimum atomic E-state index is -0.912. The number of aromatic nitrogens is 1. The van der Waals surface area contributed by atoms with E-state index in [1.807, 2.05) is 0 Å². The number of nitrogens with one attached hydrogen (secondary N) is 1. The summed E-state index contributed by atoms with van der Waals surface area (Å²) in [5, 5.41) is 11.9. The Kier molecular flexibility index (Phi) is 4.22. The average molecular weight is 278 g/mol. The SMILES string of the molecule is Cn1cc(NC(=O)C2CCCCC2C(=O)O)ccc1=O. The first-order chi connectivity index (χ1) is 9.49. The second-order valence-electron chi connectivity index (χ2n) is 5.19. The monoisotopic (exact) mass is 278 g/mol. The summed E-state index contributed by atoms with van der Waals surface area (Å²) in [4.78, 5) is 34.7. The van der Waals surface area contributed by atoms with E-state index in [0.29, 0.717) is 18.5 Å². The number of carboxylic acids is 1. The van der Waals surface area contributed by atoms with Crippen LogP contribution in [-0.2, 0) is 16.6 Å². The Morgan fingerprint density at radius 3 is 2.50 bits per heavy atom. The predicted octanol–water partition coefficient (Wildman–Crippen LogP) is 1.21. The van der Waals surface area contributed by atoms with Crippen molar-refractivity contribution >= 4 is 17.6 Å². The van der Waals surface area contributed by atoms with E-state index in [4.69, 9.17) is 0 Å². The van der Waals surface area contributed by atoms with Crippen molar-refractivity contribution in [2.45, 2.75) is 25.7 Å². The van der Waals surface area contributed by atoms with Crippen LogP contribution in [0.25, 0.3) is 0 Å². The maximum atomic E-state index is 12.2. The van der Waals surface area contributed by atoms with Gasteiger partial charge >= 0.3 is 5.97 Å². The Hall–Kier alpha value is -2.11. The van der Waals surface area contributed by atoms with Gasteiger partial charge in [-0.15, -0.1) is 0 Å². The fourth-order valence-electron chi connectivity index (χ4n) is 2.64. The molecule has 20 heavy (non-hydrogen) atoms. The molecule has 2 unspecified atom stereocenters. The number of hydrogen-bond donors (Lipinski definition) is 2. The highest BCUT2D eigenvalue weighted by molar-refractivity contribution is 5.95. The fraction of sp³-hybridized carbons (Fsp3) is 0.500. The summed E-state index contributed by atoms with van der Waals surface area (Å²) < 4.78 is 1.37. The van der Waals surface area contributed by atoms with Crippen molar-refractivity contribution in [2.75, 3.05) is 5.32 Å². The Morgan fingerprint density at radius 1 is 1.25 bits per heavy atom. The Labute approximate surface area is 116 Å². The molecule has 0 radical (unpaired) electrons. The molecule has 0 saturated heterocycles. The van der Waals surface area contributed by atoms with Crippen LogP contribution in [-0.4, -0.2) is 21.6 Å². The third kappa shape index (κ3) is 3.07. The molecule has 6 nitrogen and oxygen atoms in total. The van der Waals surface area contributed by atoms with Crippen LogP contribution in [0.2, 0.25) is 0 Å². The zero-order valence-corrected chi connectivity index (χ0v) is 11.3. The number of rotatable bonds is 3. The molecule has 1 amide bonds. The van der Waals surface area contributed by atoms with Crippen molar-refractivity contribution in [3.8, 4) is 0 Å². The number of nitrogens with zero attached hydrogens (tertiary/aromatic N) is 1. The van der Waals surface area contributed by atoms with Crippen molar-refractivity contribution in [1.82, 2.24) is 4.57 Å². The summed E-state index contributed by atoms with van der Waals surface area (Å²) in [6, 6.07) is 2.89. The summed E-state index contributed by atoms with van der Waals surface area (Å²) >= 11 is 0. The highest BCUT2D eigenvalue weighted by atomic mass is 16.4. The van der Waals surface area contributed by atoms with Gasteiger partial charge in [-0.05, 0) is 18.9 Å². The predicted molar refractivity (Wildman–Crippen MR) is 73.4 cm³/mol. The van der Waals surface area contributed by atoms with Gasteiger partial charge in [0, 0.05) is 19.3 Å². The lowest BCUT2D eigenvalue weighted by atomic mass is 9.78. The van der Waals surface area contributed by atoms with Gasteiger partial charge in [-0.1, -0.05) is 12.8 Å². The molecule has 0 aromatic carbocycles. The lowest BCUT2D eigenvalue weighted by Crippen LogP contribution is -2.36. The molecule has 6 heteroatoms. The number of carbonyl (C=O) groups is 2. The molecular formula is C14H18N2O4. The zero-order chi connectivity index (χ0) is 14.7. The van der Waals surface area contributed by atoms with Gasteiger partial charge in [0.1, 0.15) is 0 Å². The third-order valence-electron chi connectivity index (χ3n) is 3.77. The quantitative estimate of drug-likeness (QED) is 0.870. The van der Waals surface area contributed by atoms with E-state index in [9.17, 15) is 19.5 Å². The first kappa shape index (κ1) is 14.3. The van der Waals surface area contributed by atoms with E-state index in [2.05, 4.69) is 5.32 Å². The number of aliphatic carboxylic acids is 1. The Bertz CT molecular complexity index is 579. The number of carboxylic acid groups (broad SMARTS) is 1. The molecule has 0 aliphatic heterocycles. The number of hydrogen-bond acceptors (Lipinski definition) is 3. The van der Waals surface area contributed by atoms with Crippen molar-refractivity contribution < 1.29 is 14.7 Å². The number of aryl methyl sites for hydroxylation is 1. The average Bonchev–Trinajstić information content (AvgIpc) is 2.43. The van der Waals surface area contributed by atoms with Gasteiger partial charge in [-0.2, -0.15) is 0 Å². The number of pyridine rings is 1. The summed E-state index contributed by atoms with van der Waals surface area (Å²) in [7, 11) is 1.60. The van der Waals surface area contributed by atoms with Crippen molar-refractivity contribution in [2.24, 2.45) is 18.9 Å². The molecule has 0 spiro atoms. The minimum Gasteiger partial charge on any atom is -0.481 e. The smallest absolute Gasteiger partial charge is 0.307 e. The number of carbonyl (C=O) groups excluding carboxylic acids is 1. The zero-order valence-electron chi connectivity index (χ0n) is 11.3. The lowest BCUT2D eigenvalue weighted by molar-refractivity contribution is -0.147. The van der Waals surface area contributed by atoms with Crippen LogP contribution in [0.5, 0.6) is 0 Å². The molecule has 2 atom stereocenters. The van der Waals surface area contributed by atoms with Crippen LogP contribution < -0.4 is 10.9 Å². The van der Waals surface area contributed by atoms with Crippen LogP contribution in [0.4, 0.5) is 5.69 Å². The highest BCUT2D eigenvalue weighted by Crippen LogP contribution is 2.31. The van der Waals surface area contributed by atoms with Gasteiger partial charge in [-0.25, -0.2) is 0 Å². The third-order valence-corrected chi connectivity index (χ3v) is 3.77. The maximum absolute atomic E-state index is 12.2. The normalized spacial score (nSPS) is 22.2. The van der Waals surface area contributed by atoms with Crippen molar-refractivity contribution in [3.63, 3.8) is 0 Å². The molecule has 1 saturated carbocycles. The van der Waals surface area contributed by atoms with Crippen LogP contribution in [0.15, 0.2) is 23.1 Å². The van der Waals surface area contributed by atoms with E-state index in [-0.39, 0.29) is 11.5 Å². The molecule has 2 N–H and O–H groups in total. The first-order valence-electron chi connectivity index (χ1n) is 6.69. The van der Waals surface area contributed by atoms with Crippen LogP contribution in [0, 0.1) is 11.8 Å². The van der Waals surface area contributed by atoms with E-state index in [0.717, 1.165) is 12.8 Å². The van der Waals surface area contributed by atoms with Gasteiger partial charge < -0.3 is 15.0 Å². The summed E-state index contributed by atoms with van der Waals surface area (Å²) in [6.45, 7) is 0. The van der Waals surface area contributed by atoms with Gasteiger partial charge in [-0.3, -0.25) is 14.4 Å². The minimum absolute atomic E-state index is 0.163. The summed E-state index contributed by atoms with van der Waals surface area (Å²) in [6.07, 6.45) is 4.38. The van der Waals surface area contributed by atoms with Gasteiger partial charge in [0.25, 0.3) is 0 Å². The second-order valence-corrected chi connectivity index (χ2v) is 5.19. The maximum Gasteiger partial charge on any atom is 0.307 e. The molecule has 1 aliphatic carbocycles. The molecule has 2 rings (SSSR count). The lowest BCUT2D eigenvalue weighted by Gasteiger charge is -2.27. The van der Waals surface area contributed by atoms with E-state index < -0.39 is 17.8 Å². The number of amides is 1. The summed E-state index contributed by atoms with van der Waals surface area (Å²) in [5.41, 5.74) is 0.343. The van der Waals surface area contributed by atoms with Crippen LogP contribution >= 0.6 is 0 Å². The van der Waals surface area contributed by atoms with Crippen molar-refractivity contribution in [1.29, 1.82) is 0 Å². The van der Waals surface area contributed by atoms with E-state index in [1.165, 1.54) is 22.9 Å². The Balaban J connectivity index is 2.11. The van der Waals surface area contributed by atoms with E-state index in [1.54, 1.807) is 7.05 Å². The Morgan fingerprint density at radius 2 is 1.90 bits per heavy atom. The molecule has 0 bridgehead atoms. The summed E-state index contributed by atoms with van der Waals surface area (Å²) in [5.74, 6) is -2.31. The molecular weight excluding hydrogens is 260 g/mol. The topological polar surface area (TPSA) is 88.4 Å². The molecule has 1 aromatic heterocycles.